The largest absolute Gasteiger partial charge is 0.338 e. The third kappa shape index (κ3) is 3.51. The van der Waals surface area contributed by atoms with Crippen LogP contribution in [0.3, 0.4) is 0 Å². The first kappa shape index (κ1) is 15.9. The van der Waals surface area contributed by atoms with Crippen LogP contribution in [0.4, 0.5) is 17.3 Å². The molecule has 0 saturated heterocycles. The smallest absolute Gasteiger partial charge is 0.272 e. The summed E-state index contributed by atoms with van der Waals surface area (Å²) in [6.07, 6.45) is 0. The zero-order valence-corrected chi connectivity index (χ0v) is 13.8. The number of nitrogens with one attached hydrogen (secondary N) is 2. The van der Waals surface area contributed by atoms with Gasteiger partial charge in [-0.05, 0) is 35.7 Å². The molecule has 0 amide bonds. The average molecular weight is 357 g/mol. The van der Waals surface area contributed by atoms with Crippen LogP contribution in [-0.2, 0) is 10.0 Å². The van der Waals surface area contributed by atoms with Crippen molar-refractivity contribution in [3.63, 3.8) is 0 Å². The van der Waals surface area contributed by atoms with Gasteiger partial charge in [-0.3, -0.25) is 4.72 Å². The van der Waals surface area contributed by atoms with Crippen molar-refractivity contribution in [3.05, 3.63) is 59.5 Å². The van der Waals surface area contributed by atoms with Crippen LogP contribution >= 0.6 is 11.3 Å². The van der Waals surface area contributed by atoms with Gasteiger partial charge in [0.1, 0.15) is 10.3 Å². The van der Waals surface area contributed by atoms with E-state index in [2.05, 4.69) is 26.3 Å². The van der Waals surface area contributed by atoms with Gasteiger partial charge >= 0.3 is 0 Å². The molecule has 2 N–H and O–H groups in total. The summed E-state index contributed by atoms with van der Waals surface area (Å²) in [7, 11) is -3.65. The highest BCUT2D eigenvalue weighted by Gasteiger charge is 2.16. The van der Waals surface area contributed by atoms with Gasteiger partial charge in [0.25, 0.3) is 10.0 Å². The lowest BCUT2D eigenvalue weighted by molar-refractivity contribution is 0.603. The third-order valence-electron chi connectivity index (χ3n) is 2.97. The minimum Gasteiger partial charge on any atom is -0.338 e. The maximum absolute atomic E-state index is 12.1. The summed E-state index contributed by atoms with van der Waals surface area (Å²) in [6.45, 7) is 0. The van der Waals surface area contributed by atoms with Crippen LogP contribution in [-0.4, -0.2) is 18.6 Å². The molecule has 2 heterocycles. The molecule has 0 spiro atoms. The Bertz CT molecular complexity index is 977. The van der Waals surface area contributed by atoms with Crippen LogP contribution in [0.5, 0.6) is 0 Å². The number of aromatic nitrogens is 2. The van der Waals surface area contributed by atoms with E-state index >= 15 is 0 Å². The van der Waals surface area contributed by atoms with Gasteiger partial charge in [0.15, 0.2) is 11.6 Å². The van der Waals surface area contributed by atoms with E-state index in [4.69, 9.17) is 5.26 Å². The summed E-state index contributed by atoms with van der Waals surface area (Å²) in [5.74, 6) is 0.513. The Kier molecular flexibility index (Phi) is 4.41. The molecular formula is C15H11N5O2S2. The van der Waals surface area contributed by atoms with Gasteiger partial charge in [-0.15, -0.1) is 21.5 Å². The van der Waals surface area contributed by atoms with Crippen LogP contribution in [0.1, 0.15) is 5.56 Å². The molecule has 0 atom stereocenters. The molecule has 0 saturated carbocycles. The number of sulfonamides is 1. The highest BCUT2D eigenvalue weighted by Crippen LogP contribution is 2.21. The van der Waals surface area contributed by atoms with Gasteiger partial charge in [0.05, 0.1) is 11.3 Å². The average Bonchev–Trinajstić information content (AvgIpc) is 3.12. The molecule has 0 aliphatic carbocycles. The highest BCUT2D eigenvalue weighted by atomic mass is 32.2. The quantitative estimate of drug-likeness (QED) is 0.727. The summed E-state index contributed by atoms with van der Waals surface area (Å²) in [4.78, 5) is 0. The Labute approximate surface area is 142 Å². The zero-order chi connectivity index (χ0) is 17.0. The number of thiophene rings is 1. The van der Waals surface area contributed by atoms with E-state index in [-0.39, 0.29) is 10.0 Å². The number of nitriles is 1. The van der Waals surface area contributed by atoms with Gasteiger partial charge in [0.2, 0.25) is 0 Å². The summed E-state index contributed by atoms with van der Waals surface area (Å²) in [6, 6.07) is 15.3. The van der Waals surface area contributed by atoms with Crippen molar-refractivity contribution >= 4 is 38.7 Å². The predicted molar refractivity (Wildman–Crippen MR) is 91.6 cm³/mol. The SMILES string of the molecule is N#Cc1ccccc1Nc1ccc(NS(=O)(=O)c2cccs2)nn1. The summed E-state index contributed by atoms with van der Waals surface area (Å²) >= 11 is 1.12. The molecule has 3 rings (SSSR count). The van der Waals surface area contributed by atoms with Crippen molar-refractivity contribution in [1.29, 1.82) is 5.26 Å². The second-order valence-corrected chi connectivity index (χ2v) is 7.48. The molecule has 0 fully saturated rings. The normalized spacial score (nSPS) is 10.8. The van der Waals surface area contributed by atoms with Crippen molar-refractivity contribution in [2.24, 2.45) is 0 Å². The number of hydrogen-bond acceptors (Lipinski definition) is 7. The lowest BCUT2D eigenvalue weighted by Gasteiger charge is -2.08. The van der Waals surface area contributed by atoms with Crippen LogP contribution < -0.4 is 10.0 Å². The number of benzene rings is 1. The van der Waals surface area contributed by atoms with Crippen LogP contribution in [0.15, 0.2) is 58.1 Å². The van der Waals surface area contributed by atoms with Gasteiger partial charge in [-0.2, -0.15) is 5.26 Å². The molecule has 0 unspecified atom stereocenters. The molecule has 120 valence electrons. The van der Waals surface area contributed by atoms with Crippen molar-refractivity contribution < 1.29 is 8.42 Å². The zero-order valence-electron chi connectivity index (χ0n) is 12.2. The fraction of sp³-hybridized carbons (Fsp3) is 0. The second-order valence-electron chi connectivity index (χ2n) is 4.62. The second kappa shape index (κ2) is 6.66. The molecule has 0 aliphatic rings. The van der Waals surface area contributed by atoms with Gasteiger partial charge in [-0.25, -0.2) is 8.42 Å². The molecule has 9 heteroatoms. The van der Waals surface area contributed by atoms with E-state index in [9.17, 15) is 8.42 Å². The van der Waals surface area contributed by atoms with E-state index in [1.165, 1.54) is 12.1 Å². The maximum atomic E-state index is 12.1. The first-order valence-electron chi connectivity index (χ1n) is 6.75. The summed E-state index contributed by atoms with van der Waals surface area (Å²) < 4.78 is 26.8. The number of para-hydroxylation sites is 1. The first-order chi connectivity index (χ1) is 11.6. The van der Waals surface area contributed by atoms with Gasteiger partial charge < -0.3 is 5.32 Å². The molecule has 0 aliphatic heterocycles. The predicted octanol–water partition coefficient (Wildman–Crippen LogP) is 2.95. The number of nitrogens with zero attached hydrogens (tertiary/aromatic N) is 3. The third-order valence-corrected chi connectivity index (χ3v) is 5.73. The van der Waals surface area contributed by atoms with E-state index in [1.54, 1.807) is 41.8 Å². The van der Waals surface area contributed by atoms with Gasteiger partial charge in [-0.1, -0.05) is 18.2 Å². The fourth-order valence-corrected chi connectivity index (χ4v) is 3.87. The van der Waals surface area contributed by atoms with E-state index in [0.29, 0.717) is 17.1 Å². The Balaban J connectivity index is 1.76. The number of rotatable bonds is 5. The summed E-state index contributed by atoms with van der Waals surface area (Å²) in [5, 5.41) is 21.5. The van der Waals surface area contributed by atoms with Crippen LogP contribution in [0.25, 0.3) is 0 Å². The Morgan fingerprint density at radius 1 is 1.00 bits per heavy atom. The van der Waals surface area contributed by atoms with Crippen molar-refractivity contribution in [2.75, 3.05) is 10.0 Å². The Morgan fingerprint density at radius 2 is 1.75 bits per heavy atom. The Hall–Kier alpha value is -2.96. The fourth-order valence-electron chi connectivity index (χ4n) is 1.89. The standard InChI is InChI=1S/C15H11N5O2S2/c16-10-11-4-1-2-5-12(11)17-13-7-8-14(19-18-13)20-24(21,22)15-6-3-9-23-15/h1-9H,(H,17,18)(H,19,20). The molecule has 7 nitrogen and oxygen atoms in total. The molecule has 1 aromatic carbocycles. The molecule has 2 aromatic heterocycles. The van der Waals surface area contributed by atoms with Crippen molar-refractivity contribution in [2.45, 2.75) is 4.21 Å². The molecular weight excluding hydrogens is 346 g/mol. The number of hydrogen-bond donors (Lipinski definition) is 2. The van der Waals surface area contributed by atoms with Crippen LogP contribution in [0, 0.1) is 11.3 Å². The van der Waals surface area contributed by atoms with Crippen molar-refractivity contribution in [1.82, 2.24) is 10.2 Å². The molecule has 3 aromatic rings. The summed E-state index contributed by atoms with van der Waals surface area (Å²) in [5.41, 5.74) is 1.07. The van der Waals surface area contributed by atoms with E-state index in [0.717, 1.165) is 11.3 Å². The lowest BCUT2D eigenvalue weighted by atomic mass is 10.2. The monoisotopic (exact) mass is 357 g/mol. The lowest BCUT2D eigenvalue weighted by Crippen LogP contribution is -2.13. The minimum absolute atomic E-state index is 0.113. The number of anilines is 3. The topological polar surface area (TPSA) is 108 Å². The molecule has 0 bridgehead atoms. The van der Waals surface area contributed by atoms with Crippen LogP contribution in [0.2, 0.25) is 0 Å². The maximum Gasteiger partial charge on any atom is 0.272 e. The molecule has 0 radical (unpaired) electrons. The van der Waals surface area contributed by atoms with E-state index in [1.807, 2.05) is 0 Å². The Morgan fingerprint density at radius 3 is 2.42 bits per heavy atom. The highest BCUT2D eigenvalue weighted by molar-refractivity contribution is 7.94. The van der Waals surface area contributed by atoms with Crippen molar-refractivity contribution in [3.8, 4) is 6.07 Å². The first-order valence-corrected chi connectivity index (χ1v) is 9.11. The minimum atomic E-state index is -3.65. The van der Waals surface area contributed by atoms with E-state index < -0.39 is 10.0 Å². The molecule has 24 heavy (non-hydrogen) atoms. The van der Waals surface area contributed by atoms with Gasteiger partial charge in [0, 0.05) is 0 Å².